The largest absolute Gasteiger partial charge is 0.478 e. The maximum absolute atomic E-state index is 11.0. The van der Waals surface area contributed by atoms with Crippen LogP contribution < -0.4 is 5.32 Å². The first-order valence-electron chi connectivity index (χ1n) is 7.40. The van der Waals surface area contributed by atoms with Crippen LogP contribution in [0.5, 0.6) is 0 Å². The van der Waals surface area contributed by atoms with Crippen LogP contribution in [0.4, 0.5) is 5.69 Å². The van der Waals surface area contributed by atoms with Gasteiger partial charge in [-0.3, -0.25) is 4.90 Å². The number of hydrogen-bond donors (Lipinski definition) is 2. The summed E-state index contributed by atoms with van der Waals surface area (Å²) in [6.45, 7) is 7.37. The second-order valence-corrected chi connectivity index (χ2v) is 5.66. The number of anilines is 1. The van der Waals surface area contributed by atoms with Gasteiger partial charge < -0.3 is 10.4 Å². The molecule has 1 unspecified atom stereocenters. The standard InChI is InChI=1S/C16H24N2O2/c1-12-10-14(6-7-15(12)16(19)20)17-11-13(2)18-8-4-3-5-9-18/h6-7,10,13,17H,3-5,8-9,11H2,1-2H3,(H,19,20). The van der Waals surface area contributed by atoms with Crippen LogP contribution in [0.1, 0.15) is 42.1 Å². The molecule has 0 aliphatic carbocycles. The molecule has 1 atom stereocenters. The van der Waals surface area contributed by atoms with Gasteiger partial charge in [0.1, 0.15) is 0 Å². The lowest BCUT2D eigenvalue weighted by Gasteiger charge is -2.32. The number of rotatable bonds is 5. The number of benzene rings is 1. The van der Waals surface area contributed by atoms with E-state index in [0.717, 1.165) is 17.8 Å². The summed E-state index contributed by atoms with van der Waals surface area (Å²) in [4.78, 5) is 13.5. The number of aromatic carboxylic acids is 1. The summed E-state index contributed by atoms with van der Waals surface area (Å²) in [5, 5.41) is 12.4. The zero-order valence-electron chi connectivity index (χ0n) is 12.4. The number of hydrogen-bond acceptors (Lipinski definition) is 3. The minimum atomic E-state index is -0.865. The Morgan fingerprint density at radius 1 is 1.35 bits per heavy atom. The quantitative estimate of drug-likeness (QED) is 0.868. The molecule has 0 amide bonds. The number of nitrogens with one attached hydrogen (secondary N) is 1. The molecule has 1 saturated heterocycles. The smallest absolute Gasteiger partial charge is 0.335 e. The first-order valence-corrected chi connectivity index (χ1v) is 7.40. The van der Waals surface area contributed by atoms with Crippen molar-refractivity contribution in [1.29, 1.82) is 0 Å². The molecule has 1 aliphatic heterocycles. The zero-order chi connectivity index (χ0) is 14.5. The highest BCUT2D eigenvalue weighted by molar-refractivity contribution is 5.89. The van der Waals surface area contributed by atoms with Gasteiger partial charge in [-0.05, 0) is 63.5 Å². The van der Waals surface area contributed by atoms with Crippen LogP contribution in [0.25, 0.3) is 0 Å². The zero-order valence-corrected chi connectivity index (χ0v) is 12.4. The second-order valence-electron chi connectivity index (χ2n) is 5.66. The summed E-state index contributed by atoms with van der Waals surface area (Å²) in [6, 6.07) is 5.94. The van der Waals surface area contributed by atoms with E-state index >= 15 is 0 Å². The molecule has 0 spiro atoms. The van der Waals surface area contributed by atoms with Crippen LogP contribution in [-0.4, -0.2) is 41.7 Å². The number of likely N-dealkylation sites (tertiary alicyclic amines) is 1. The molecule has 2 N–H and O–H groups in total. The van der Waals surface area contributed by atoms with Gasteiger partial charge in [0.2, 0.25) is 0 Å². The molecule has 0 bridgehead atoms. The third-order valence-electron chi connectivity index (χ3n) is 4.07. The Labute approximate surface area is 120 Å². The Bertz CT molecular complexity index is 468. The Hall–Kier alpha value is -1.55. The number of carboxylic acid groups (broad SMARTS) is 1. The van der Waals surface area contributed by atoms with Crippen molar-refractivity contribution in [3.63, 3.8) is 0 Å². The number of nitrogens with zero attached hydrogens (tertiary/aromatic N) is 1. The van der Waals surface area contributed by atoms with E-state index in [4.69, 9.17) is 5.11 Å². The summed E-state index contributed by atoms with van der Waals surface area (Å²) in [7, 11) is 0. The fourth-order valence-electron chi connectivity index (χ4n) is 2.77. The number of carboxylic acids is 1. The van der Waals surface area contributed by atoms with Gasteiger partial charge in [0.25, 0.3) is 0 Å². The van der Waals surface area contributed by atoms with E-state index in [0.29, 0.717) is 11.6 Å². The van der Waals surface area contributed by atoms with E-state index in [-0.39, 0.29) is 0 Å². The molecular formula is C16H24N2O2. The van der Waals surface area contributed by atoms with Crippen LogP contribution in [0.15, 0.2) is 18.2 Å². The first-order chi connectivity index (χ1) is 9.58. The molecule has 2 rings (SSSR count). The average molecular weight is 276 g/mol. The molecule has 1 aliphatic rings. The Morgan fingerprint density at radius 2 is 2.05 bits per heavy atom. The van der Waals surface area contributed by atoms with Gasteiger partial charge in [0.15, 0.2) is 0 Å². The summed E-state index contributed by atoms with van der Waals surface area (Å²) in [6.07, 6.45) is 3.96. The minimum Gasteiger partial charge on any atom is -0.478 e. The van der Waals surface area contributed by atoms with Crippen molar-refractivity contribution < 1.29 is 9.90 Å². The lowest BCUT2D eigenvalue weighted by molar-refractivity contribution is 0.0696. The third-order valence-corrected chi connectivity index (χ3v) is 4.07. The van der Waals surface area contributed by atoms with E-state index in [1.54, 1.807) is 6.07 Å². The number of piperidine rings is 1. The van der Waals surface area contributed by atoms with E-state index in [2.05, 4.69) is 17.1 Å². The van der Waals surface area contributed by atoms with E-state index in [1.807, 2.05) is 19.1 Å². The van der Waals surface area contributed by atoms with Crippen LogP contribution in [0, 0.1) is 6.92 Å². The van der Waals surface area contributed by atoms with Crippen molar-refractivity contribution in [3.8, 4) is 0 Å². The molecule has 1 heterocycles. The fourth-order valence-corrected chi connectivity index (χ4v) is 2.77. The molecule has 110 valence electrons. The highest BCUT2D eigenvalue weighted by atomic mass is 16.4. The number of aryl methyl sites for hydroxylation is 1. The van der Waals surface area contributed by atoms with Crippen LogP contribution in [0.3, 0.4) is 0 Å². The topological polar surface area (TPSA) is 52.6 Å². The van der Waals surface area contributed by atoms with E-state index < -0.39 is 5.97 Å². The molecule has 4 heteroatoms. The molecule has 1 aromatic rings. The van der Waals surface area contributed by atoms with E-state index in [1.165, 1.54) is 32.4 Å². The van der Waals surface area contributed by atoms with Gasteiger partial charge >= 0.3 is 5.97 Å². The molecule has 0 saturated carbocycles. The van der Waals surface area contributed by atoms with Crippen molar-refractivity contribution in [1.82, 2.24) is 4.90 Å². The van der Waals surface area contributed by atoms with E-state index in [9.17, 15) is 4.79 Å². The van der Waals surface area contributed by atoms with Crippen molar-refractivity contribution >= 4 is 11.7 Å². The molecule has 0 aromatic heterocycles. The van der Waals surface area contributed by atoms with Crippen molar-refractivity contribution in [3.05, 3.63) is 29.3 Å². The second kappa shape index (κ2) is 6.75. The first kappa shape index (κ1) is 14.9. The van der Waals surface area contributed by atoms with Crippen molar-refractivity contribution in [2.24, 2.45) is 0 Å². The van der Waals surface area contributed by atoms with Gasteiger partial charge in [-0.1, -0.05) is 6.42 Å². The maximum atomic E-state index is 11.0. The Kier molecular flexibility index (Phi) is 5.01. The molecule has 20 heavy (non-hydrogen) atoms. The van der Waals surface area contributed by atoms with Gasteiger partial charge in [0.05, 0.1) is 5.56 Å². The summed E-state index contributed by atoms with van der Waals surface area (Å²) >= 11 is 0. The molecular weight excluding hydrogens is 252 g/mol. The monoisotopic (exact) mass is 276 g/mol. The Morgan fingerprint density at radius 3 is 2.65 bits per heavy atom. The van der Waals surface area contributed by atoms with Gasteiger partial charge in [-0.25, -0.2) is 4.79 Å². The van der Waals surface area contributed by atoms with Crippen LogP contribution >= 0.6 is 0 Å². The molecule has 4 nitrogen and oxygen atoms in total. The third kappa shape index (κ3) is 3.73. The van der Waals surface area contributed by atoms with Gasteiger partial charge in [-0.2, -0.15) is 0 Å². The summed E-state index contributed by atoms with van der Waals surface area (Å²) in [5.74, 6) is -0.865. The predicted octanol–water partition coefficient (Wildman–Crippen LogP) is 2.98. The average Bonchev–Trinajstić information content (AvgIpc) is 2.45. The molecule has 1 aromatic carbocycles. The van der Waals surface area contributed by atoms with Gasteiger partial charge in [0, 0.05) is 18.3 Å². The molecule has 0 radical (unpaired) electrons. The van der Waals surface area contributed by atoms with Crippen LogP contribution in [-0.2, 0) is 0 Å². The Balaban J connectivity index is 1.90. The van der Waals surface area contributed by atoms with Gasteiger partial charge in [-0.15, -0.1) is 0 Å². The summed E-state index contributed by atoms with van der Waals surface area (Å²) in [5.41, 5.74) is 2.17. The maximum Gasteiger partial charge on any atom is 0.335 e. The lowest BCUT2D eigenvalue weighted by Crippen LogP contribution is -2.41. The van der Waals surface area contributed by atoms with Crippen LogP contribution in [0.2, 0.25) is 0 Å². The predicted molar refractivity (Wildman–Crippen MR) is 81.5 cm³/mol. The van der Waals surface area contributed by atoms with Crippen molar-refractivity contribution in [2.45, 2.75) is 39.2 Å². The normalized spacial score (nSPS) is 17.7. The highest BCUT2D eigenvalue weighted by Gasteiger charge is 2.16. The number of carbonyl (C=O) groups is 1. The highest BCUT2D eigenvalue weighted by Crippen LogP contribution is 2.16. The fraction of sp³-hybridized carbons (Fsp3) is 0.562. The lowest BCUT2D eigenvalue weighted by atomic mass is 10.1. The SMILES string of the molecule is Cc1cc(NCC(C)N2CCCCC2)ccc1C(=O)O. The summed E-state index contributed by atoms with van der Waals surface area (Å²) < 4.78 is 0. The van der Waals surface area contributed by atoms with Crippen molar-refractivity contribution in [2.75, 3.05) is 25.0 Å². The molecule has 1 fully saturated rings. The minimum absolute atomic E-state index is 0.375.